The molecule has 1 aromatic heterocycles. The second-order valence-corrected chi connectivity index (χ2v) is 4.91. The van der Waals surface area contributed by atoms with Crippen molar-refractivity contribution in [2.75, 3.05) is 19.0 Å². The molecule has 15 heavy (non-hydrogen) atoms. The van der Waals surface area contributed by atoms with Crippen LogP contribution in [0.3, 0.4) is 0 Å². The number of nitrogens with one attached hydrogen (secondary N) is 1. The Morgan fingerprint density at radius 2 is 2.53 bits per heavy atom. The van der Waals surface area contributed by atoms with E-state index in [1.54, 1.807) is 6.20 Å². The lowest BCUT2D eigenvalue weighted by molar-refractivity contribution is 0.0606. The van der Waals surface area contributed by atoms with E-state index in [0.717, 1.165) is 23.5 Å². The van der Waals surface area contributed by atoms with Crippen LogP contribution < -0.4 is 5.32 Å². The summed E-state index contributed by atoms with van der Waals surface area (Å²) in [5.74, 6) is 1.29. The Kier molecular flexibility index (Phi) is 2.90. The van der Waals surface area contributed by atoms with Crippen LogP contribution in [0.15, 0.2) is 6.20 Å². The van der Waals surface area contributed by atoms with E-state index in [9.17, 15) is 4.79 Å². The lowest BCUT2D eigenvalue weighted by Gasteiger charge is -1.99. The second-order valence-electron chi connectivity index (χ2n) is 3.88. The molecule has 1 aliphatic carbocycles. The molecule has 1 N–H and O–H groups in total. The monoisotopic (exact) mass is 226 g/mol. The van der Waals surface area contributed by atoms with Crippen molar-refractivity contribution >= 4 is 22.4 Å². The predicted octanol–water partition coefficient (Wildman–Crippen LogP) is 2.00. The Morgan fingerprint density at radius 3 is 3.13 bits per heavy atom. The summed E-state index contributed by atoms with van der Waals surface area (Å²) in [6, 6.07) is 0. The fourth-order valence-electron chi connectivity index (χ4n) is 1.45. The fraction of sp³-hybridized carbons (Fsp3) is 0.600. The van der Waals surface area contributed by atoms with Gasteiger partial charge in [-0.05, 0) is 18.3 Å². The summed E-state index contributed by atoms with van der Waals surface area (Å²) in [7, 11) is 1.38. The molecule has 0 spiro atoms. The summed E-state index contributed by atoms with van der Waals surface area (Å²) in [6.07, 6.45) is 2.84. The van der Waals surface area contributed by atoms with Crippen LogP contribution in [-0.2, 0) is 4.74 Å². The van der Waals surface area contributed by atoms with Crippen molar-refractivity contribution in [2.24, 2.45) is 11.8 Å². The minimum Gasteiger partial charge on any atom is -0.465 e. The summed E-state index contributed by atoms with van der Waals surface area (Å²) >= 11 is 1.34. The second kappa shape index (κ2) is 4.18. The SMILES string of the molecule is COC(=O)c1cnc(NCC2CC2C)s1. The third kappa shape index (κ3) is 2.47. The molecular formula is C10H14N2O2S. The number of carbonyl (C=O) groups is 1. The van der Waals surface area contributed by atoms with Crippen LogP contribution in [0.5, 0.6) is 0 Å². The average Bonchev–Trinajstić information content (AvgIpc) is 2.77. The van der Waals surface area contributed by atoms with Gasteiger partial charge in [-0.2, -0.15) is 0 Å². The number of anilines is 1. The molecule has 4 nitrogen and oxygen atoms in total. The Labute approximate surface area is 92.7 Å². The molecule has 2 rings (SSSR count). The van der Waals surface area contributed by atoms with Crippen molar-refractivity contribution in [3.63, 3.8) is 0 Å². The Bertz CT molecular complexity index is 364. The normalized spacial score (nSPS) is 23.6. The highest BCUT2D eigenvalue weighted by molar-refractivity contribution is 7.17. The standard InChI is InChI=1S/C10H14N2O2S/c1-6-3-7(6)4-11-10-12-5-8(15-10)9(13)14-2/h5-7H,3-4H2,1-2H3,(H,11,12). The molecule has 5 heteroatoms. The first kappa shape index (κ1) is 10.4. The quantitative estimate of drug-likeness (QED) is 0.798. The highest BCUT2D eigenvalue weighted by Crippen LogP contribution is 2.37. The number of thiazole rings is 1. The molecule has 1 saturated carbocycles. The third-order valence-electron chi connectivity index (χ3n) is 2.68. The van der Waals surface area contributed by atoms with Crippen molar-refractivity contribution in [1.29, 1.82) is 0 Å². The first-order valence-electron chi connectivity index (χ1n) is 4.98. The molecule has 0 saturated heterocycles. The van der Waals surface area contributed by atoms with Gasteiger partial charge in [-0.25, -0.2) is 9.78 Å². The molecule has 0 aliphatic heterocycles. The molecular weight excluding hydrogens is 212 g/mol. The average molecular weight is 226 g/mol. The fourth-order valence-corrected chi connectivity index (χ4v) is 2.19. The summed E-state index contributed by atoms with van der Waals surface area (Å²) in [6.45, 7) is 3.20. The highest BCUT2D eigenvalue weighted by atomic mass is 32.1. The largest absolute Gasteiger partial charge is 0.465 e. The molecule has 1 aliphatic rings. The van der Waals surface area contributed by atoms with Gasteiger partial charge in [0.05, 0.1) is 13.3 Å². The molecule has 1 heterocycles. The van der Waals surface area contributed by atoms with Gasteiger partial charge in [0.15, 0.2) is 5.13 Å². The molecule has 1 aromatic rings. The van der Waals surface area contributed by atoms with Gasteiger partial charge >= 0.3 is 5.97 Å². The number of rotatable bonds is 4. The molecule has 2 atom stereocenters. The minimum atomic E-state index is -0.319. The van der Waals surface area contributed by atoms with Crippen LogP contribution >= 0.6 is 11.3 Å². The van der Waals surface area contributed by atoms with Gasteiger partial charge in [-0.1, -0.05) is 18.3 Å². The van der Waals surface area contributed by atoms with Gasteiger partial charge in [0.25, 0.3) is 0 Å². The van der Waals surface area contributed by atoms with E-state index in [-0.39, 0.29) is 5.97 Å². The van der Waals surface area contributed by atoms with Gasteiger partial charge in [0, 0.05) is 6.54 Å². The maximum Gasteiger partial charge on any atom is 0.349 e. The van der Waals surface area contributed by atoms with E-state index >= 15 is 0 Å². The molecule has 1 fully saturated rings. The highest BCUT2D eigenvalue weighted by Gasteiger charge is 2.32. The van der Waals surface area contributed by atoms with Crippen LogP contribution in [-0.4, -0.2) is 24.6 Å². The number of esters is 1. The molecule has 0 aromatic carbocycles. The molecule has 0 amide bonds. The van der Waals surface area contributed by atoms with Crippen molar-refractivity contribution in [1.82, 2.24) is 4.98 Å². The predicted molar refractivity (Wildman–Crippen MR) is 59.2 cm³/mol. The summed E-state index contributed by atoms with van der Waals surface area (Å²) in [5, 5.41) is 4.04. The van der Waals surface area contributed by atoms with Crippen molar-refractivity contribution < 1.29 is 9.53 Å². The van der Waals surface area contributed by atoms with E-state index < -0.39 is 0 Å². The molecule has 0 radical (unpaired) electrons. The third-order valence-corrected chi connectivity index (χ3v) is 3.62. The number of aromatic nitrogens is 1. The van der Waals surface area contributed by atoms with E-state index in [1.165, 1.54) is 24.9 Å². The first-order valence-corrected chi connectivity index (χ1v) is 5.80. The zero-order valence-corrected chi connectivity index (χ0v) is 9.63. The van der Waals surface area contributed by atoms with Gasteiger partial charge < -0.3 is 10.1 Å². The van der Waals surface area contributed by atoms with Gasteiger partial charge in [0.2, 0.25) is 0 Å². The Morgan fingerprint density at radius 1 is 1.80 bits per heavy atom. The lowest BCUT2D eigenvalue weighted by atomic mass is 10.3. The molecule has 82 valence electrons. The van der Waals surface area contributed by atoms with Gasteiger partial charge in [0.1, 0.15) is 4.88 Å². The van der Waals surface area contributed by atoms with Crippen LogP contribution in [0, 0.1) is 11.8 Å². The number of hydrogen-bond donors (Lipinski definition) is 1. The molecule has 0 bridgehead atoms. The maximum absolute atomic E-state index is 11.1. The topological polar surface area (TPSA) is 51.2 Å². The summed E-state index contributed by atoms with van der Waals surface area (Å²) < 4.78 is 4.61. The Hall–Kier alpha value is -1.10. The zero-order chi connectivity index (χ0) is 10.8. The van der Waals surface area contributed by atoms with Gasteiger partial charge in [-0.15, -0.1) is 0 Å². The van der Waals surface area contributed by atoms with E-state index in [1.807, 2.05) is 0 Å². The van der Waals surface area contributed by atoms with Crippen molar-refractivity contribution in [3.05, 3.63) is 11.1 Å². The number of ether oxygens (including phenoxy) is 1. The van der Waals surface area contributed by atoms with E-state index in [4.69, 9.17) is 0 Å². The minimum absolute atomic E-state index is 0.319. The van der Waals surface area contributed by atoms with Crippen molar-refractivity contribution in [3.8, 4) is 0 Å². The van der Waals surface area contributed by atoms with Crippen LogP contribution in [0.25, 0.3) is 0 Å². The van der Waals surface area contributed by atoms with Crippen LogP contribution in [0.1, 0.15) is 23.0 Å². The van der Waals surface area contributed by atoms with Gasteiger partial charge in [-0.3, -0.25) is 0 Å². The zero-order valence-electron chi connectivity index (χ0n) is 8.82. The van der Waals surface area contributed by atoms with E-state index in [2.05, 4.69) is 22.0 Å². The summed E-state index contributed by atoms with van der Waals surface area (Å²) in [4.78, 5) is 15.8. The summed E-state index contributed by atoms with van der Waals surface area (Å²) in [5.41, 5.74) is 0. The van der Waals surface area contributed by atoms with Crippen molar-refractivity contribution in [2.45, 2.75) is 13.3 Å². The molecule has 2 unspecified atom stereocenters. The van der Waals surface area contributed by atoms with Crippen LogP contribution in [0.4, 0.5) is 5.13 Å². The van der Waals surface area contributed by atoms with Crippen LogP contribution in [0.2, 0.25) is 0 Å². The Balaban J connectivity index is 1.86. The first-order chi connectivity index (χ1) is 7.20. The number of nitrogens with zero attached hydrogens (tertiary/aromatic N) is 1. The number of hydrogen-bond acceptors (Lipinski definition) is 5. The number of carbonyl (C=O) groups excluding carboxylic acids is 1. The number of methoxy groups -OCH3 is 1. The smallest absolute Gasteiger partial charge is 0.349 e. The lowest BCUT2D eigenvalue weighted by Crippen LogP contribution is -2.03. The maximum atomic E-state index is 11.1. The van der Waals surface area contributed by atoms with E-state index in [0.29, 0.717) is 4.88 Å².